The van der Waals surface area contributed by atoms with Crippen molar-refractivity contribution < 1.29 is 14.7 Å². The highest BCUT2D eigenvalue weighted by atomic mass is 35.5. The Balaban J connectivity index is 1.77. The number of aliphatic hydroxyl groups is 1. The molecule has 1 heterocycles. The van der Waals surface area contributed by atoms with Gasteiger partial charge in [0.15, 0.2) is 0 Å². The number of aromatic nitrogens is 1. The molecule has 0 fully saturated rings. The van der Waals surface area contributed by atoms with E-state index in [9.17, 15) is 14.7 Å². The molecule has 33 heavy (non-hydrogen) atoms. The molecule has 0 aliphatic heterocycles. The zero-order chi connectivity index (χ0) is 24.0. The third kappa shape index (κ3) is 6.42. The summed E-state index contributed by atoms with van der Waals surface area (Å²) >= 11 is 6.22. The lowest BCUT2D eigenvalue weighted by molar-refractivity contribution is 0.0869. The number of halogens is 1. The van der Waals surface area contributed by atoms with Crippen LogP contribution in [0.2, 0.25) is 5.02 Å². The molecule has 2 aromatic carbocycles. The molecule has 0 radical (unpaired) electrons. The number of rotatable bonds is 5. The lowest BCUT2D eigenvalue weighted by atomic mass is 10.0. The minimum atomic E-state index is -0.800. The summed E-state index contributed by atoms with van der Waals surface area (Å²) in [5.41, 5.74) is 1.94. The highest BCUT2D eigenvalue weighted by Crippen LogP contribution is 2.21. The standard InChI is InChI=1S/C26H24ClN3O3/c1-17-13-19(10-9-18-7-5-4-6-8-18)15-28-23(17)29-25(33)21-14-20(11-12-22(21)27)24(32)30-26(2,3)16-31/h4-8,11-15,31H,16H2,1-3H3,(H,30,32)(H,28,29,33). The first-order chi connectivity index (χ1) is 15.7. The number of hydrogen-bond donors (Lipinski definition) is 3. The molecule has 0 saturated heterocycles. The van der Waals surface area contributed by atoms with Gasteiger partial charge in [0.05, 0.1) is 22.7 Å². The SMILES string of the molecule is Cc1cc(C#Cc2ccccc2)cnc1NC(=O)c1cc(C(=O)NC(C)(C)CO)ccc1Cl. The number of benzene rings is 2. The number of nitrogens with zero attached hydrogens (tertiary/aromatic N) is 1. The Morgan fingerprint density at radius 2 is 1.73 bits per heavy atom. The van der Waals surface area contributed by atoms with Gasteiger partial charge in [-0.15, -0.1) is 0 Å². The summed E-state index contributed by atoms with van der Waals surface area (Å²) in [5.74, 6) is 5.59. The fourth-order valence-electron chi connectivity index (χ4n) is 2.87. The number of hydrogen-bond acceptors (Lipinski definition) is 4. The molecule has 0 bridgehead atoms. The van der Waals surface area contributed by atoms with Crippen molar-refractivity contribution in [3.63, 3.8) is 0 Å². The van der Waals surface area contributed by atoms with Crippen molar-refractivity contribution in [2.24, 2.45) is 0 Å². The fraction of sp³-hybridized carbons (Fsp3) is 0.192. The zero-order valence-electron chi connectivity index (χ0n) is 18.6. The van der Waals surface area contributed by atoms with E-state index in [2.05, 4.69) is 27.5 Å². The van der Waals surface area contributed by atoms with Crippen molar-refractivity contribution in [3.05, 3.63) is 93.6 Å². The van der Waals surface area contributed by atoms with Gasteiger partial charge in [0.25, 0.3) is 11.8 Å². The van der Waals surface area contributed by atoms with Crippen LogP contribution in [0.3, 0.4) is 0 Å². The molecular formula is C26H24ClN3O3. The van der Waals surface area contributed by atoms with Gasteiger partial charge in [-0.2, -0.15) is 0 Å². The van der Waals surface area contributed by atoms with E-state index in [1.807, 2.05) is 43.3 Å². The average molecular weight is 462 g/mol. The molecule has 6 nitrogen and oxygen atoms in total. The predicted octanol–water partition coefficient (Wildman–Crippen LogP) is 4.20. The Labute approximate surface area is 198 Å². The maximum Gasteiger partial charge on any atom is 0.258 e. The third-order valence-corrected chi connectivity index (χ3v) is 5.09. The molecule has 7 heteroatoms. The van der Waals surface area contributed by atoms with E-state index < -0.39 is 17.4 Å². The van der Waals surface area contributed by atoms with Crippen LogP contribution in [0.4, 0.5) is 5.82 Å². The van der Waals surface area contributed by atoms with Crippen molar-refractivity contribution in [1.29, 1.82) is 0 Å². The first-order valence-corrected chi connectivity index (χ1v) is 10.6. The number of carbonyl (C=O) groups excluding carboxylic acids is 2. The molecule has 2 amide bonds. The fourth-order valence-corrected chi connectivity index (χ4v) is 3.08. The van der Waals surface area contributed by atoms with Crippen LogP contribution in [0.5, 0.6) is 0 Å². The number of carbonyl (C=O) groups is 2. The highest BCUT2D eigenvalue weighted by molar-refractivity contribution is 6.34. The van der Waals surface area contributed by atoms with Crippen LogP contribution in [-0.4, -0.2) is 34.1 Å². The van der Waals surface area contributed by atoms with E-state index in [1.54, 1.807) is 20.0 Å². The Morgan fingerprint density at radius 1 is 1.03 bits per heavy atom. The largest absolute Gasteiger partial charge is 0.394 e. The summed E-state index contributed by atoms with van der Waals surface area (Å²) in [6.45, 7) is 4.97. The van der Waals surface area contributed by atoms with Crippen molar-refractivity contribution in [2.45, 2.75) is 26.3 Å². The quantitative estimate of drug-likeness (QED) is 0.497. The number of pyridine rings is 1. The Bertz CT molecular complexity index is 1240. The molecule has 3 aromatic rings. The van der Waals surface area contributed by atoms with Crippen LogP contribution in [0.25, 0.3) is 0 Å². The van der Waals surface area contributed by atoms with Gasteiger partial charge >= 0.3 is 0 Å². The zero-order valence-corrected chi connectivity index (χ0v) is 19.3. The van der Waals surface area contributed by atoms with Crippen LogP contribution in [0.1, 0.15) is 51.3 Å². The predicted molar refractivity (Wildman–Crippen MR) is 129 cm³/mol. The lowest BCUT2D eigenvalue weighted by Gasteiger charge is -2.23. The van der Waals surface area contributed by atoms with Gasteiger partial charge in [-0.1, -0.05) is 41.6 Å². The van der Waals surface area contributed by atoms with E-state index in [1.165, 1.54) is 18.2 Å². The molecule has 0 aliphatic carbocycles. The molecule has 3 N–H and O–H groups in total. The highest BCUT2D eigenvalue weighted by Gasteiger charge is 2.22. The average Bonchev–Trinajstić information content (AvgIpc) is 2.80. The summed E-state index contributed by atoms with van der Waals surface area (Å²) in [4.78, 5) is 29.7. The number of aliphatic hydroxyl groups excluding tert-OH is 1. The Hall–Kier alpha value is -3.66. The number of nitrogens with one attached hydrogen (secondary N) is 2. The van der Waals surface area contributed by atoms with Crippen LogP contribution in [0, 0.1) is 18.8 Å². The Kier molecular flexibility index (Phi) is 7.49. The van der Waals surface area contributed by atoms with Crippen molar-refractivity contribution in [3.8, 4) is 11.8 Å². The second-order valence-electron chi connectivity index (χ2n) is 8.15. The van der Waals surface area contributed by atoms with Crippen molar-refractivity contribution >= 4 is 29.2 Å². The van der Waals surface area contributed by atoms with Crippen LogP contribution in [-0.2, 0) is 0 Å². The summed E-state index contributed by atoms with van der Waals surface area (Å²) in [6, 6.07) is 15.9. The van der Waals surface area contributed by atoms with Crippen LogP contribution in [0.15, 0.2) is 60.8 Å². The molecule has 168 valence electrons. The van der Waals surface area contributed by atoms with Gasteiger partial charge in [0.2, 0.25) is 0 Å². The number of aryl methyl sites for hydroxylation is 1. The van der Waals surface area contributed by atoms with Gasteiger partial charge in [0, 0.05) is 22.9 Å². The second-order valence-corrected chi connectivity index (χ2v) is 8.56. The molecule has 0 atom stereocenters. The summed E-state index contributed by atoms with van der Waals surface area (Å²) < 4.78 is 0. The summed E-state index contributed by atoms with van der Waals surface area (Å²) in [6.07, 6.45) is 1.58. The smallest absolute Gasteiger partial charge is 0.258 e. The first kappa shape index (κ1) is 24.0. The van der Waals surface area contributed by atoms with Crippen molar-refractivity contribution in [2.75, 3.05) is 11.9 Å². The van der Waals surface area contributed by atoms with Gasteiger partial charge in [-0.3, -0.25) is 9.59 Å². The monoisotopic (exact) mass is 461 g/mol. The van der Waals surface area contributed by atoms with Gasteiger partial charge in [-0.05, 0) is 62.7 Å². The van der Waals surface area contributed by atoms with E-state index in [0.29, 0.717) is 5.82 Å². The molecule has 1 aromatic heterocycles. The first-order valence-electron chi connectivity index (χ1n) is 10.3. The van der Waals surface area contributed by atoms with Gasteiger partial charge in [-0.25, -0.2) is 4.98 Å². The van der Waals surface area contributed by atoms with Crippen LogP contribution >= 0.6 is 11.6 Å². The molecule has 0 saturated carbocycles. The summed E-state index contributed by atoms with van der Waals surface area (Å²) in [5, 5.41) is 15.0. The normalized spacial score (nSPS) is 10.7. The number of anilines is 1. The van der Waals surface area contributed by atoms with E-state index in [0.717, 1.165) is 16.7 Å². The van der Waals surface area contributed by atoms with E-state index in [-0.39, 0.29) is 22.8 Å². The molecule has 0 unspecified atom stereocenters. The molecule has 0 spiro atoms. The minimum Gasteiger partial charge on any atom is -0.394 e. The van der Waals surface area contributed by atoms with Gasteiger partial charge < -0.3 is 15.7 Å². The topological polar surface area (TPSA) is 91.3 Å². The molecular weight excluding hydrogens is 438 g/mol. The molecule has 3 rings (SSSR count). The van der Waals surface area contributed by atoms with Crippen molar-refractivity contribution in [1.82, 2.24) is 10.3 Å². The lowest BCUT2D eigenvalue weighted by Crippen LogP contribution is -2.46. The number of amides is 2. The Morgan fingerprint density at radius 3 is 2.39 bits per heavy atom. The van der Waals surface area contributed by atoms with E-state index in [4.69, 9.17) is 11.6 Å². The maximum atomic E-state index is 12.9. The minimum absolute atomic E-state index is 0.139. The van der Waals surface area contributed by atoms with Crippen LogP contribution < -0.4 is 10.6 Å². The maximum absolute atomic E-state index is 12.9. The summed E-state index contributed by atoms with van der Waals surface area (Å²) in [7, 11) is 0. The molecule has 0 aliphatic rings. The van der Waals surface area contributed by atoms with E-state index >= 15 is 0 Å². The second kappa shape index (κ2) is 10.3. The van der Waals surface area contributed by atoms with Gasteiger partial charge in [0.1, 0.15) is 5.82 Å². The third-order valence-electron chi connectivity index (χ3n) is 4.76.